The molecule has 6 rings (SSSR count). The largest absolute Gasteiger partial charge is 0.454 e. The molecular formula is C32H27NO5. The minimum absolute atomic E-state index is 0.103. The van der Waals surface area contributed by atoms with Gasteiger partial charge in [0.25, 0.3) is 0 Å². The highest BCUT2D eigenvalue weighted by Crippen LogP contribution is 2.39. The van der Waals surface area contributed by atoms with Crippen LogP contribution in [0.1, 0.15) is 40.5 Å². The summed E-state index contributed by atoms with van der Waals surface area (Å²) in [6, 6.07) is 35.1. The fourth-order valence-electron chi connectivity index (χ4n) is 5.44. The van der Waals surface area contributed by atoms with E-state index in [1.807, 2.05) is 109 Å². The van der Waals surface area contributed by atoms with E-state index in [2.05, 4.69) is 0 Å². The van der Waals surface area contributed by atoms with Crippen LogP contribution in [0.3, 0.4) is 0 Å². The van der Waals surface area contributed by atoms with Crippen molar-refractivity contribution in [1.82, 2.24) is 4.90 Å². The number of rotatable bonds is 7. The molecule has 0 saturated carbocycles. The highest BCUT2D eigenvalue weighted by Gasteiger charge is 2.44. The van der Waals surface area contributed by atoms with Crippen molar-refractivity contribution in [2.45, 2.75) is 24.3 Å². The van der Waals surface area contributed by atoms with Gasteiger partial charge in [0.05, 0.1) is 6.04 Å². The van der Waals surface area contributed by atoms with Crippen molar-refractivity contribution in [2.75, 3.05) is 13.4 Å². The molecule has 1 fully saturated rings. The predicted molar refractivity (Wildman–Crippen MR) is 142 cm³/mol. The zero-order valence-electron chi connectivity index (χ0n) is 20.7. The lowest BCUT2D eigenvalue weighted by Crippen LogP contribution is -2.43. The molecule has 0 bridgehead atoms. The quantitative estimate of drug-likeness (QED) is 0.303. The van der Waals surface area contributed by atoms with Crippen LogP contribution in [0.4, 0.5) is 4.79 Å². The van der Waals surface area contributed by atoms with Gasteiger partial charge < -0.3 is 14.2 Å². The Morgan fingerprint density at radius 1 is 0.711 bits per heavy atom. The van der Waals surface area contributed by atoms with Crippen LogP contribution in [0.5, 0.6) is 11.5 Å². The third-order valence-electron chi connectivity index (χ3n) is 7.26. The number of hydrogen-bond donors (Lipinski definition) is 0. The van der Waals surface area contributed by atoms with Gasteiger partial charge in [-0.1, -0.05) is 97.1 Å². The summed E-state index contributed by atoms with van der Waals surface area (Å²) in [5.74, 6) is 0.569. The number of cyclic esters (lactones) is 1. The van der Waals surface area contributed by atoms with E-state index in [0.29, 0.717) is 11.5 Å². The third kappa shape index (κ3) is 4.61. The molecule has 0 spiro atoms. The van der Waals surface area contributed by atoms with E-state index in [-0.39, 0.29) is 37.6 Å². The van der Waals surface area contributed by atoms with Gasteiger partial charge in [0.2, 0.25) is 12.7 Å². The topological polar surface area (TPSA) is 65.1 Å². The van der Waals surface area contributed by atoms with Crippen LogP contribution in [0, 0.1) is 0 Å². The van der Waals surface area contributed by atoms with Crippen LogP contribution < -0.4 is 9.47 Å². The van der Waals surface area contributed by atoms with Gasteiger partial charge in [-0.2, -0.15) is 0 Å². The number of imide groups is 1. The second-order valence-corrected chi connectivity index (χ2v) is 9.49. The molecule has 6 heteroatoms. The highest BCUT2D eigenvalue weighted by molar-refractivity contribution is 5.94. The van der Waals surface area contributed by atoms with Crippen molar-refractivity contribution in [3.05, 3.63) is 131 Å². The van der Waals surface area contributed by atoms with Gasteiger partial charge in [-0.15, -0.1) is 0 Å². The molecule has 2 heterocycles. The number of amides is 2. The molecule has 1 saturated heterocycles. The number of fused-ring (bicyclic) bond motifs is 1. The van der Waals surface area contributed by atoms with E-state index in [1.165, 1.54) is 4.90 Å². The Hall–Kier alpha value is -4.58. The van der Waals surface area contributed by atoms with Gasteiger partial charge in [0.1, 0.15) is 6.61 Å². The number of nitrogens with zero attached hydrogens (tertiary/aromatic N) is 1. The minimum Gasteiger partial charge on any atom is -0.454 e. The van der Waals surface area contributed by atoms with E-state index in [4.69, 9.17) is 14.2 Å². The Morgan fingerprint density at radius 3 is 1.92 bits per heavy atom. The van der Waals surface area contributed by atoms with E-state index in [1.54, 1.807) is 0 Å². The van der Waals surface area contributed by atoms with Crippen LogP contribution in [0.25, 0.3) is 0 Å². The van der Waals surface area contributed by atoms with Gasteiger partial charge >= 0.3 is 6.09 Å². The molecule has 1 unspecified atom stereocenters. The average molecular weight is 506 g/mol. The lowest BCUT2D eigenvalue weighted by Gasteiger charge is -2.30. The first-order valence-corrected chi connectivity index (χ1v) is 12.7. The first-order chi connectivity index (χ1) is 18.7. The number of carbonyl (C=O) groups is 2. The summed E-state index contributed by atoms with van der Waals surface area (Å²) in [4.78, 5) is 28.4. The molecule has 0 aromatic heterocycles. The Morgan fingerprint density at radius 2 is 1.29 bits per heavy atom. The SMILES string of the molecule is O=C(CC(c1ccccc1)c1ccc2c(c1)OCO2)N1C(=O)OC[C@H]1C(c1ccccc1)c1ccccc1. The lowest BCUT2D eigenvalue weighted by atomic mass is 9.84. The normalized spacial score (nSPS) is 16.9. The number of hydrogen-bond acceptors (Lipinski definition) is 5. The van der Waals surface area contributed by atoms with Crippen LogP contribution in [0.2, 0.25) is 0 Å². The van der Waals surface area contributed by atoms with E-state index in [0.717, 1.165) is 22.3 Å². The smallest absolute Gasteiger partial charge is 0.417 e. The van der Waals surface area contributed by atoms with Gasteiger partial charge in [-0.3, -0.25) is 4.79 Å². The molecule has 2 aliphatic rings. The van der Waals surface area contributed by atoms with Gasteiger partial charge in [-0.05, 0) is 34.4 Å². The van der Waals surface area contributed by atoms with Crippen LogP contribution in [0.15, 0.2) is 109 Å². The minimum atomic E-state index is -0.602. The maximum Gasteiger partial charge on any atom is 0.417 e. The zero-order valence-corrected chi connectivity index (χ0v) is 20.7. The predicted octanol–water partition coefficient (Wildman–Crippen LogP) is 6.12. The van der Waals surface area contributed by atoms with Crippen molar-refractivity contribution in [2.24, 2.45) is 0 Å². The van der Waals surface area contributed by atoms with Crippen molar-refractivity contribution in [3.8, 4) is 11.5 Å². The van der Waals surface area contributed by atoms with Crippen LogP contribution >= 0.6 is 0 Å². The van der Waals surface area contributed by atoms with Crippen molar-refractivity contribution in [1.29, 1.82) is 0 Å². The Kier molecular flexibility index (Phi) is 6.53. The molecule has 38 heavy (non-hydrogen) atoms. The average Bonchev–Trinajstić information content (AvgIpc) is 3.59. The third-order valence-corrected chi connectivity index (χ3v) is 7.26. The van der Waals surface area contributed by atoms with E-state index < -0.39 is 12.1 Å². The van der Waals surface area contributed by atoms with E-state index in [9.17, 15) is 9.59 Å². The van der Waals surface area contributed by atoms with Gasteiger partial charge in [0.15, 0.2) is 11.5 Å². The molecule has 0 aliphatic carbocycles. The standard InChI is InChI=1S/C32H27NO5/c34-30(19-26(22-10-4-1-5-11-22)25-16-17-28-29(18-25)38-21-37-28)33-27(20-36-32(33)35)31(23-12-6-2-7-13-23)24-14-8-3-9-15-24/h1-18,26-27,31H,19-21H2/t26?,27-/m0/s1. The maximum atomic E-state index is 14.0. The molecule has 0 N–H and O–H groups in total. The molecular weight excluding hydrogens is 478 g/mol. The summed E-state index contributed by atoms with van der Waals surface area (Å²) in [6.45, 7) is 0.314. The number of carbonyl (C=O) groups excluding carboxylic acids is 2. The van der Waals surface area contributed by atoms with Crippen LogP contribution in [-0.2, 0) is 9.53 Å². The maximum absolute atomic E-state index is 14.0. The highest BCUT2D eigenvalue weighted by atomic mass is 16.7. The Balaban J connectivity index is 1.35. The Labute approximate surface area is 221 Å². The first-order valence-electron chi connectivity index (χ1n) is 12.7. The molecule has 4 aromatic rings. The van der Waals surface area contributed by atoms with Crippen LogP contribution in [-0.4, -0.2) is 36.3 Å². The number of benzene rings is 4. The molecule has 2 aliphatic heterocycles. The molecule has 6 nitrogen and oxygen atoms in total. The van der Waals surface area contributed by atoms with Crippen molar-refractivity contribution >= 4 is 12.0 Å². The number of ether oxygens (including phenoxy) is 3. The summed E-state index contributed by atoms with van der Waals surface area (Å²) < 4.78 is 16.6. The first kappa shape index (κ1) is 23.8. The van der Waals surface area contributed by atoms with E-state index >= 15 is 0 Å². The molecule has 2 amide bonds. The zero-order chi connectivity index (χ0) is 25.9. The second kappa shape index (κ2) is 10.4. The van der Waals surface area contributed by atoms with Crippen molar-refractivity contribution in [3.63, 3.8) is 0 Å². The lowest BCUT2D eigenvalue weighted by molar-refractivity contribution is -0.129. The summed E-state index contributed by atoms with van der Waals surface area (Å²) >= 11 is 0. The summed E-state index contributed by atoms with van der Waals surface area (Å²) in [5, 5.41) is 0. The second-order valence-electron chi connectivity index (χ2n) is 9.49. The summed E-state index contributed by atoms with van der Waals surface area (Å²) in [5.41, 5.74) is 3.94. The monoisotopic (exact) mass is 505 g/mol. The van der Waals surface area contributed by atoms with Gasteiger partial charge in [0, 0.05) is 18.3 Å². The fraction of sp³-hybridized carbons (Fsp3) is 0.188. The molecule has 190 valence electrons. The molecule has 2 atom stereocenters. The molecule has 4 aromatic carbocycles. The molecule has 0 radical (unpaired) electrons. The Bertz CT molecular complexity index is 1380. The van der Waals surface area contributed by atoms with Crippen molar-refractivity contribution < 1.29 is 23.8 Å². The fourth-order valence-corrected chi connectivity index (χ4v) is 5.44. The summed E-state index contributed by atoms with van der Waals surface area (Å²) in [7, 11) is 0. The van der Waals surface area contributed by atoms with Gasteiger partial charge in [-0.25, -0.2) is 9.69 Å². The summed E-state index contributed by atoms with van der Waals surface area (Å²) in [6.07, 6.45) is -0.500.